The van der Waals surface area contributed by atoms with E-state index in [9.17, 15) is 0 Å². The minimum atomic E-state index is 0.609. The number of anilines is 1. The van der Waals surface area contributed by atoms with Gasteiger partial charge in [-0.2, -0.15) is 4.98 Å². The molecule has 0 radical (unpaired) electrons. The van der Waals surface area contributed by atoms with Crippen LogP contribution >= 0.6 is 0 Å². The zero-order chi connectivity index (χ0) is 10.7. The first-order valence-electron chi connectivity index (χ1n) is 5.29. The first-order chi connectivity index (χ1) is 7.33. The fraction of sp³-hybridized carbons (Fsp3) is 0.545. The highest BCUT2D eigenvalue weighted by molar-refractivity contribution is 5.41. The van der Waals surface area contributed by atoms with Crippen LogP contribution in [0, 0.1) is 5.92 Å². The van der Waals surface area contributed by atoms with Gasteiger partial charge in [-0.05, 0) is 24.9 Å². The predicted molar refractivity (Wildman–Crippen MR) is 60.2 cm³/mol. The van der Waals surface area contributed by atoms with Crippen molar-refractivity contribution in [2.75, 3.05) is 31.6 Å². The van der Waals surface area contributed by atoms with Crippen molar-refractivity contribution in [3.8, 4) is 5.88 Å². The summed E-state index contributed by atoms with van der Waals surface area (Å²) >= 11 is 0. The summed E-state index contributed by atoms with van der Waals surface area (Å²) in [5, 5.41) is 0. The Morgan fingerprint density at radius 3 is 3.13 bits per heavy atom. The maximum atomic E-state index is 5.66. The van der Waals surface area contributed by atoms with Gasteiger partial charge in [-0.1, -0.05) is 6.07 Å². The van der Waals surface area contributed by atoms with Crippen LogP contribution in [-0.2, 0) is 0 Å². The molecule has 1 unspecified atom stereocenters. The zero-order valence-electron chi connectivity index (χ0n) is 9.02. The van der Waals surface area contributed by atoms with Crippen molar-refractivity contribution in [3.63, 3.8) is 0 Å². The smallest absolute Gasteiger partial charge is 0.214 e. The van der Waals surface area contributed by atoms with Crippen LogP contribution in [0.5, 0.6) is 5.88 Å². The van der Waals surface area contributed by atoms with Crippen molar-refractivity contribution in [2.24, 2.45) is 11.7 Å². The lowest BCUT2D eigenvalue weighted by atomic mass is 10.1. The van der Waals surface area contributed by atoms with Gasteiger partial charge in [0.2, 0.25) is 5.88 Å². The summed E-state index contributed by atoms with van der Waals surface area (Å²) in [6, 6.07) is 5.85. The summed E-state index contributed by atoms with van der Waals surface area (Å²) in [6.07, 6.45) is 1.16. The molecule has 1 aromatic heterocycles. The fourth-order valence-electron chi connectivity index (χ4n) is 1.93. The number of nitrogens with two attached hydrogens (primary N) is 1. The van der Waals surface area contributed by atoms with Gasteiger partial charge in [-0.3, -0.25) is 0 Å². The van der Waals surface area contributed by atoms with Crippen LogP contribution in [0.15, 0.2) is 18.2 Å². The second-order valence-corrected chi connectivity index (χ2v) is 3.87. The molecule has 15 heavy (non-hydrogen) atoms. The lowest BCUT2D eigenvalue weighted by Gasteiger charge is -2.17. The van der Waals surface area contributed by atoms with Crippen molar-refractivity contribution in [2.45, 2.75) is 6.42 Å². The standard InChI is InChI=1S/C11H17N3O/c1-15-11-4-2-3-10(13-11)14-6-5-9(7-12)8-14/h2-4,9H,5-8,12H2,1H3. The van der Waals surface area contributed by atoms with Crippen LogP contribution in [-0.4, -0.2) is 31.7 Å². The molecule has 0 aliphatic carbocycles. The molecule has 1 aliphatic heterocycles. The maximum absolute atomic E-state index is 5.66. The third kappa shape index (κ3) is 2.21. The van der Waals surface area contributed by atoms with E-state index in [0.29, 0.717) is 11.8 Å². The number of pyridine rings is 1. The SMILES string of the molecule is COc1cccc(N2CCC(CN)C2)n1. The Morgan fingerprint density at radius 1 is 1.60 bits per heavy atom. The molecule has 0 bridgehead atoms. The van der Waals surface area contributed by atoms with E-state index in [1.807, 2.05) is 18.2 Å². The molecule has 82 valence electrons. The summed E-state index contributed by atoms with van der Waals surface area (Å²) in [4.78, 5) is 6.67. The summed E-state index contributed by atoms with van der Waals surface area (Å²) < 4.78 is 5.11. The average molecular weight is 207 g/mol. The Bertz CT molecular complexity index is 329. The second kappa shape index (κ2) is 4.49. The van der Waals surface area contributed by atoms with E-state index in [4.69, 9.17) is 10.5 Å². The largest absolute Gasteiger partial charge is 0.481 e. The number of nitrogens with zero attached hydrogens (tertiary/aromatic N) is 2. The number of aromatic nitrogens is 1. The third-order valence-corrected chi connectivity index (χ3v) is 2.86. The van der Waals surface area contributed by atoms with E-state index in [2.05, 4.69) is 9.88 Å². The fourth-order valence-corrected chi connectivity index (χ4v) is 1.93. The maximum Gasteiger partial charge on any atom is 0.214 e. The van der Waals surface area contributed by atoms with Crippen molar-refractivity contribution in [1.29, 1.82) is 0 Å². The quantitative estimate of drug-likeness (QED) is 0.799. The summed E-state index contributed by atoms with van der Waals surface area (Å²) in [5.41, 5.74) is 5.66. The van der Waals surface area contributed by atoms with E-state index in [-0.39, 0.29) is 0 Å². The Balaban J connectivity index is 2.09. The predicted octanol–water partition coefficient (Wildman–Crippen LogP) is 0.875. The average Bonchev–Trinajstić information content (AvgIpc) is 2.78. The van der Waals surface area contributed by atoms with Crippen LogP contribution in [0.25, 0.3) is 0 Å². The molecule has 1 aliphatic rings. The number of hydrogen-bond donors (Lipinski definition) is 1. The van der Waals surface area contributed by atoms with Gasteiger partial charge in [0.05, 0.1) is 7.11 Å². The van der Waals surface area contributed by atoms with Crippen LogP contribution in [0.3, 0.4) is 0 Å². The Labute approximate surface area is 90.0 Å². The van der Waals surface area contributed by atoms with E-state index < -0.39 is 0 Å². The van der Waals surface area contributed by atoms with Crippen LogP contribution in [0.2, 0.25) is 0 Å². The highest BCUT2D eigenvalue weighted by Gasteiger charge is 2.22. The molecule has 1 aromatic rings. The molecule has 0 amide bonds. The van der Waals surface area contributed by atoms with Gasteiger partial charge in [-0.15, -0.1) is 0 Å². The number of hydrogen-bond acceptors (Lipinski definition) is 4. The molecular weight excluding hydrogens is 190 g/mol. The zero-order valence-corrected chi connectivity index (χ0v) is 9.02. The van der Waals surface area contributed by atoms with E-state index in [0.717, 1.165) is 31.9 Å². The Hall–Kier alpha value is -1.29. The molecule has 4 heteroatoms. The van der Waals surface area contributed by atoms with Gasteiger partial charge in [0.15, 0.2) is 0 Å². The first-order valence-corrected chi connectivity index (χ1v) is 5.29. The first kappa shape index (κ1) is 10.2. The normalized spacial score (nSPS) is 20.7. The van der Waals surface area contributed by atoms with Crippen molar-refractivity contribution in [3.05, 3.63) is 18.2 Å². The van der Waals surface area contributed by atoms with Gasteiger partial charge in [0.25, 0.3) is 0 Å². The summed E-state index contributed by atoms with van der Waals surface area (Å²) in [5.74, 6) is 2.27. The topological polar surface area (TPSA) is 51.4 Å². The van der Waals surface area contributed by atoms with E-state index in [1.165, 1.54) is 0 Å². The second-order valence-electron chi connectivity index (χ2n) is 3.87. The molecule has 2 rings (SSSR count). The van der Waals surface area contributed by atoms with E-state index >= 15 is 0 Å². The Morgan fingerprint density at radius 2 is 2.47 bits per heavy atom. The third-order valence-electron chi connectivity index (χ3n) is 2.86. The minimum absolute atomic E-state index is 0.609. The summed E-state index contributed by atoms with van der Waals surface area (Å²) in [7, 11) is 1.64. The van der Waals surface area contributed by atoms with Gasteiger partial charge >= 0.3 is 0 Å². The van der Waals surface area contributed by atoms with Gasteiger partial charge in [0, 0.05) is 19.2 Å². The highest BCUT2D eigenvalue weighted by atomic mass is 16.5. The highest BCUT2D eigenvalue weighted by Crippen LogP contribution is 2.22. The van der Waals surface area contributed by atoms with Crippen molar-refractivity contribution < 1.29 is 4.74 Å². The minimum Gasteiger partial charge on any atom is -0.481 e. The lowest BCUT2D eigenvalue weighted by molar-refractivity contribution is 0.398. The van der Waals surface area contributed by atoms with Crippen molar-refractivity contribution >= 4 is 5.82 Å². The molecule has 1 saturated heterocycles. The molecule has 1 fully saturated rings. The van der Waals surface area contributed by atoms with Gasteiger partial charge in [0.1, 0.15) is 5.82 Å². The molecule has 4 nitrogen and oxygen atoms in total. The molecule has 0 spiro atoms. The molecular formula is C11H17N3O. The van der Waals surface area contributed by atoms with Crippen LogP contribution < -0.4 is 15.4 Å². The molecule has 0 aromatic carbocycles. The number of methoxy groups -OCH3 is 1. The van der Waals surface area contributed by atoms with E-state index in [1.54, 1.807) is 7.11 Å². The molecule has 0 saturated carbocycles. The molecule has 1 atom stereocenters. The lowest BCUT2D eigenvalue weighted by Crippen LogP contribution is -2.23. The molecule has 2 N–H and O–H groups in total. The van der Waals surface area contributed by atoms with Crippen LogP contribution in [0.4, 0.5) is 5.82 Å². The van der Waals surface area contributed by atoms with Gasteiger partial charge < -0.3 is 15.4 Å². The van der Waals surface area contributed by atoms with Crippen molar-refractivity contribution in [1.82, 2.24) is 4.98 Å². The monoisotopic (exact) mass is 207 g/mol. The summed E-state index contributed by atoms with van der Waals surface area (Å²) in [6.45, 7) is 2.82. The molecule has 2 heterocycles. The number of rotatable bonds is 3. The number of ether oxygens (including phenoxy) is 1. The van der Waals surface area contributed by atoms with Gasteiger partial charge in [-0.25, -0.2) is 0 Å². The Kier molecular flexibility index (Phi) is 3.06. The van der Waals surface area contributed by atoms with Crippen LogP contribution in [0.1, 0.15) is 6.42 Å².